The first-order valence-corrected chi connectivity index (χ1v) is 9.81. The van der Waals surface area contributed by atoms with Crippen LogP contribution in [0.15, 0.2) is 6.07 Å². The molecule has 138 valence electrons. The number of nitrogens with zero attached hydrogens (tertiary/aromatic N) is 5. The van der Waals surface area contributed by atoms with E-state index in [1.54, 1.807) is 0 Å². The molecule has 3 saturated heterocycles. The molecule has 0 spiro atoms. The number of hydrogen-bond donors (Lipinski definition) is 1. The van der Waals surface area contributed by atoms with Crippen LogP contribution in [-0.4, -0.2) is 80.4 Å². The van der Waals surface area contributed by atoms with Crippen LogP contribution in [-0.2, 0) is 4.74 Å². The lowest BCUT2D eigenvalue weighted by molar-refractivity contribution is 0.0398. The Hall–Kier alpha value is -1.60. The van der Waals surface area contributed by atoms with Gasteiger partial charge in [0.2, 0.25) is 5.95 Å². The third-order valence-electron chi connectivity index (χ3n) is 5.36. The van der Waals surface area contributed by atoms with Crippen molar-refractivity contribution >= 4 is 17.6 Å². The summed E-state index contributed by atoms with van der Waals surface area (Å²) in [7, 11) is 0. The fourth-order valence-electron chi connectivity index (χ4n) is 3.85. The van der Waals surface area contributed by atoms with Crippen molar-refractivity contribution in [1.29, 1.82) is 0 Å². The Morgan fingerprint density at radius 3 is 2.44 bits per heavy atom. The zero-order chi connectivity index (χ0) is 16.9. The minimum Gasteiger partial charge on any atom is -0.379 e. The minimum absolute atomic E-state index is 0.853. The molecule has 3 aliphatic rings. The summed E-state index contributed by atoms with van der Waals surface area (Å²) in [6.07, 6.45) is 5.03. The van der Waals surface area contributed by atoms with Crippen LogP contribution in [0, 0.1) is 0 Å². The summed E-state index contributed by atoms with van der Waals surface area (Å²) in [6.45, 7) is 10.1. The minimum atomic E-state index is 0.853. The van der Waals surface area contributed by atoms with Crippen LogP contribution in [0.2, 0.25) is 0 Å². The summed E-state index contributed by atoms with van der Waals surface area (Å²) < 4.78 is 5.42. The zero-order valence-electron chi connectivity index (χ0n) is 15.1. The van der Waals surface area contributed by atoms with Crippen molar-refractivity contribution in [2.45, 2.75) is 25.7 Å². The first kappa shape index (κ1) is 16.8. The molecule has 0 radical (unpaired) electrons. The summed E-state index contributed by atoms with van der Waals surface area (Å²) in [5.41, 5.74) is 0. The molecule has 0 amide bonds. The van der Waals surface area contributed by atoms with E-state index >= 15 is 0 Å². The molecular formula is C18H30N6O. The number of anilines is 3. The highest BCUT2D eigenvalue weighted by Gasteiger charge is 2.20. The van der Waals surface area contributed by atoms with Crippen molar-refractivity contribution < 1.29 is 4.74 Å². The van der Waals surface area contributed by atoms with Gasteiger partial charge in [0.15, 0.2) is 0 Å². The van der Waals surface area contributed by atoms with Gasteiger partial charge in [0.25, 0.3) is 0 Å². The largest absolute Gasteiger partial charge is 0.379 e. The van der Waals surface area contributed by atoms with Gasteiger partial charge in [-0.1, -0.05) is 0 Å². The van der Waals surface area contributed by atoms with Crippen molar-refractivity contribution in [1.82, 2.24) is 14.9 Å². The van der Waals surface area contributed by atoms with Crippen molar-refractivity contribution in [3.05, 3.63) is 6.07 Å². The highest BCUT2D eigenvalue weighted by molar-refractivity contribution is 5.55. The average Bonchev–Trinajstić information content (AvgIpc) is 3.36. The molecular weight excluding hydrogens is 318 g/mol. The number of nitrogens with one attached hydrogen (secondary N) is 1. The highest BCUT2D eigenvalue weighted by Crippen LogP contribution is 2.25. The molecule has 25 heavy (non-hydrogen) atoms. The Balaban J connectivity index is 1.43. The quantitative estimate of drug-likeness (QED) is 0.834. The second-order valence-electron chi connectivity index (χ2n) is 7.18. The molecule has 0 aliphatic carbocycles. The van der Waals surface area contributed by atoms with E-state index in [-0.39, 0.29) is 0 Å². The predicted octanol–water partition coefficient (Wildman–Crippen LogP) is 1.42. The van der Waals surface area contributed by atoms with Gasteiger partial charge < -0.3 is 19.9 Å². The third-order valence-corrected chi connectivity index (χ3v) is 5.36. The van der Waals surface area contributed by atoms with Gasteiger partial charge in [0, 0.05) is 58.4 Å². The summed E-state index contributed by atoms with van der Waals surface area (Å²) in [6, 6.07) is 2.13. The standard InChI is InChI=1S/C18H30N6O/c1-2-7-23(6-1)17-15-16(19-5-10-22-11-13-25-14-12-22)20-18(21-17)24-8-3-4-9-24/h15H,1-14H2,(H,19,20,21)/i18+2. The first-order valence-electron chi connectivity index (χ1n) is 9.81. The Kier molecular flexibility index (Phi) is 5.52. The van der Waals surface area contributed by atoms with E-state index in [2.05, 4.69) is 26.1 Å². The first-order chi connectivity index (χ1) is 12.4. The molecule has 7 nitrogen and oxygen atoms in total. The molecule has 1 N–H and O–H groups in total. The molecule has 1 aromatic rings. The molecule has 4 rings (SSSR count). The van der Waals surface area contributed by atoms with Crippen LogP contribution in [0.25, 0.3) is 0 Å². The number of aromatic nitrogens is 2. The monoisotopic (exact) mass is 348 g/mol. The summed E-state index contributed by atoms with van der Waals surface area (Å²) in [4.78, 5) is 16.8. The van der Waals surface area contributed by atoms with E-state index in [0.717, 1.165) is 83.2 Å². The molecule has 0 saturated carbocycles. The van der Waals surface area contributed by atoms with Crippen LogP contribution >= 0.6 is 0 Å². The molecule has 0 aromatic carbocycles. The molecule has 0 atom stereocenters. The third kappa shape index (κ3) is 4.33. The van der Waals surface area contributed by atoms with E-state index in [1.807, 2.05) is 0 Å². The van der Waals surface area contributed by atoms with Gasteiger partial charge in [-0.2, -0.15) is 9.97 Å². The number of morpholine rings is 1. The zero-order valence-corrected chi connectivity index (χ0v) is 15.1. The highest BCUT2D eigenvalue weighted by atomic mass is 16.5. The Labute approximate surface area is 150 Å². The predicted molar refractivity (Wildman–Crippen MR) is 101 cm³/mol. The molecule has 7 heteroatoms. The topological polar surface area (TPSA) is 56.8 Å². The van der Waals surface area contributed by atoms with Crippen LogP contribution in [0.1, 0.15) is 25.7 Å². The fourth-order valence-corrected chi connectivity index (χ4v) is 3.85. The van der Waals surface area contributed by atoms with Crippen molar-refractivity contribution in [2.75, 3.05) is 80.7 Å². The van der Waals surface area contributed by atoms with Crippen LogP contribution in [0.4, 0.5) is 17.6 Å². The fraction of sp³-hybridized carbons (Fsp3) is 0.778. The van der Waals surface area contributed by atoms with E-state index < -0.39 is 0 Å². The van der Waals surface area contributed by atoms with Crippen molar-refractivity contribution in [3.8, 4) is 0 Å². The SMILES string of the molecule is c1c(NCCN2CCOCC2)n[14c](N2CCCC2)nc1N1CCCC1. The van der Waals surface area contributed by atoms with Gasteiger partial charge in [-0.05, 0) is 25.7 Å². The lowest BCUT2D eigenvalue weighted by Gasteiger charge is -2.27. The average molecular weight is 348 g/mol. The molecule has 3 aliphatic heterocycles. The lowest BCUT2D eigenvalue weighted by atomic mass is 10.4. The maximum atomic E-state index is 5.42. The Bertz CT molecular complexity index is 516. The van der Waals surface area contributed by atoms with Crippen LogP contribution < -0.4 is 15.1 Å². The summed E-state index contributed by atoms with van der Waals surface area (Å²) in [5.74, 6) is 2.95. The van der Waals surface area contributed by atoms with Gasteiger partial charge in [0.05, 0.1) is 13.2 Å². The molecule has 0 unspecified atom stereocenters. The summed E-state index contributed by atoms with van der Waals surface area (Å²) in [5, 5.41) is 3.53. The van der Waals surface area contributed by atoms with Gasteiger partial charge >= 0.3 is 0 Å². The second-order valence-corrected chi connectivity index (χ2v) is 7.18. The number of hydrogen-bond acceptors (Lipinski definition) is 7. The molecule has 4 heterocycles. The molecule has 3 fully saturated rings. The van der Waals surface area contributed by atoms with Crippen molar-refractivity contribution in [2.24, 2.45) is 0 Å². The Morgan fingerprint density at radius 1 is 0.960 bits per heavy atom. The maximum absolute atomic E-state index is 5.42. The van der Waals surface area contributed by atoms with E-state index in [9.17, 15) is 0 Å². The Morgan fingerprint density at radius 2 is 1.68 bits per heavy atom. The van der Waals surface area contributed by atoms with E-state index in [4.69, 9.17) is 14.7 Å². The van der Waals surface area contributed by atoms with E-state index in [0.29, 0.717) is 0 Å². The van der Waals surface area contributed by atoms with Crippen LogP contribution in [0.3, 0.4) is 0 Å². The van der Waals surface area contributed by atoms with Gasteiger partial charge in [-0.3, -0.25) is 4.90 Å². The van der Waals surface area contributed by atoms with Crippen molar-refractivity contribution in [3.63, 3.8) is 0 Å². The van der Waals surface area contributed by atoms with Crippen LogP contribution in [0.5, 0.6) is 0 Å². The second kappa shape index (κ2) is 8.19. The number of ether oxygens (including phenoxy) is 1. The molecule has 1 aromatic heterocycles. The molecule has 0 bridgehead atoms. The van der Waals surface area contributed by atoms with Gasteiger partial charge in [0.1, 0.15) is 11.6 Å². The normalized spacial score (nSPS) is 21.9. The van der Waals surface area contributed by atoms with Gasteiger partial charge in [-0.15, -0.1) is 0 Å². The van der Waals surface area contributed by atoms with Gasteiger partial charge in [-0.25, -0.2) is 0 Å². The number of rotatable bonds is 6. The summed E-state index contributed by atoms with van der Waals surface area (Å²) >= 11 is 0. The van der Waals surface area contributed by atoms with E-state index in [1.165, 1.54) is 25.7 Å². The lowest BCUT2D eigenvalue weighted by Crippen LogP contribution is -2.39. The smallest absolute Gasteiger partial charge is 0.229 e. The maximum Gasteiger partial charge on any atom is 0.229 e.